The molecular formula is C16H13N3S. The van der Waals surface area contributed by atoms with Crippen LogP contribution in [0, 0.1) is 5.41 Å². The minimum atomic E-state index is 0.0430. The predicted molar refractivity (Wildman–Crippen MR) is 83.3 cm³/mol. The van der Waals surface area contributed by atoms with Gasteiger partial charge in [-0.25, -0.2) is 4.98 Å². The third-order valence-corrected chi connectivity index (χ3v) is 4.01. The van der Waals surface area contributed by atoms with Gasteiger partial charge in [-0.05, 0) is 35.0 Å². The molecule has 0 saturated carbocycles. The quantitative estimate of drug-likeness (QED) is 0.568. The van der Waals surface area contributed by atoms with Crippen LogP contribution < -0.4 is 5.73 Å². The van der Waals surface area contributed by atoms with Gasteiger partial charge in [0.2, 0.25) is 0 Å². The molecule has 98 valence electrons. The summed E-state index contributed by atoms with van der Waals surface area (Å²) in [6.07, 6.45) is 1.72. The Bertz CT molecular complexity index is 783. The molecule has 0 fully saturated rings. The Morgan fingerprint density at radius 3 is 2.60 bits per heavy atom. The van der Waals surface area contributed by atoms with E-state index in [-0.39, 0.29) is 5.84 Å². The summed E-state index contributed by atoms with van der Waals surface area (Å²) in [6, 6.07) is 18.1. The molecule has 0 atom stereocenters. The van der Waals surface area contributed by atoms with Gasteiger partial charge in [-0.15, -0.1) is 0 Å². The first-order valence-corrected chi connectivity index (χ1v) is 7.02. The van der Waals surface area contributed by atoms with Crippen LogP contribution in [0.2, 0.25) is 0 Å². The second kappa shape index (κ2) is 5.35. The molecule has 0 saturated heterocycles. The summed E-state index contributed by atoms with van der Waals surface area (Å²) in [5.74, 6) is 0.0430. The summed E-state index contributed by atoms with van der Waals surface area (Å²) < 4.78 is 0. The second-order valence-electron chi connectivity index (χ2n) is 4.38. The SMILES string of the molecule is N=C(N)c1cccnc1Sc1ccc2ccccc2c1. The summed E-state index contributed by atoms with van der Waals surface area (Å²) in [7, 11) is 0. The molecule has 0 aliphatic rings. The van der Waals surface area contributed by atoms with Gasteiger partial charge in [-0.1, -0.05) is 42.1 Å². The average Bonchev–Trinajstić information content (AvgIpc) is 2.47. The van der Waals surface area contributed by atoms with Crippen LogP contribution in [0.25, 0.3) is 10.8 Å². The van der Waals surface area contributed by atoms with Crippen molar-refractivity contribution in [2.45, 2.75) is 9.92 Å². The molecule has 0 spiro atoms. The van der Waals surface area contributed by atoms with Gasteiger partial charge in [-0.2, -0.15) is 0 Å². The van der Waals surface area contributed by atoms with E-state index in [1.165, 1.54) is 22.5 Å². The van der Waals surface area contributed by atoms with Crippen LogP contribution in [0.3, 0.4) is 0 Å². The van der Waals surface area contributed by atoms with Crippen molar-refractivity contribution in [3.63, 3.8) is 0 Å². The first-order valence-electron chi connectivity index (χ1n) is 6.20. The number of hydrogen-bond donors (Lipinski definition) is 2. The highest BCUT2D eigenvalue weighted by molar-refractivity contribution is 7.99. The van der Waals surface area contributed by atoms with Crippen LogP contribution in [-0.2, 0) is 0 Å². The highest BCUT2D eigenvalue weighted by Gasteiger charge is 2.08. The first-order chi connectivity index (χ1) is 9.74. The van der Waals surface area contributed by atoms with E-state index >= 15 is 0 Å². The number of nitrogens with zero attached hydrogens (tertiary/aromatic N) is 1. The van der Waals surface area contributed by atoms with Crippen molar-refractivity contribution < 1.29 is 0 Å². The molecule has 0 aliphatic heterocycles. The fourth-order valence-electron chi connectivity index (χ4n) is 2.02. The van der Waals surface area contributed by atoms with Gasteiger partial charge < -0.3 is 5.73 Å². The number of amidine groups is 1. The van der Waals surface area contributed by atoms with E-state index in [1.54, 1.807) is 12.3 Å². The van der Waals surface area contributed by atoms with Crippen LogP contribution in [0.15, 0.2) is 70.7 Å². The lowest BCUT2D eigenvalue weighted by molar-refractivity contribution is 1.11. The summed E-state index contributed by atoms with van der Waals surface area (Å²) in [5, 5.41) is 10.8. The van der Waals surface area contributed by atoms with Gasteiger partial charge in [0.15, 0.2) is 0 Å². The molecule has 3 nitrogen and oxygen atoms in total. The topological polar surface area (TPSA) is 62.8 Å². The standard InChI is InChI=1S/C16H13N3S/c17-15(18)14-6-3-9-19-16(14)20-13-8-7-11-4-1-2-5-12(11)10-13/h1-10H,(H3,17,18). The van der Waals surface area contributed by atoms with Crippen LogP contribution >= 0.6 is 11.8 Å². The Labute approximate surface area is 121 Å². The van der Waals surface area contributed by atoms with Crippen LogP contribution in [0.5, 0.6) is 0 Å². The van der Waals surface area contributed by atoms with Crippen LogP contribution in [-0.4, -0.2) is 10.8 Å². The Hall–Kier alpha value is -2.33. The maximum absolute atomic E-state index is 7.60. The molecule has 0 bridgehead atoms. The minimum absolute atomic E-state index is 0.0430. The molecule has 3 aromatic rings. The van der Waals surface area contributed by atoms with Gasteiger partial charge in [0.05, 0.1) is 0 Å². The van der Waals surface area contributed by atoms with Crippen molar-refractivity contribution in [2.24, 2.45) is 5.73 Å². The molecule has 3 N–H and O–H groups in total. The van der Waals surface area contributed by atoms with Crippen molar-refractivity contribution in [3.05, 3.63) is 66.4 Å². The normalized spacial score (nSPS) is 10.6. The number of nitrogens with two attached hydrogens (primary N) is 1. The molecule has 1 heterocycles. The molecule has 0 unspecified atom stereocenters. The van der Waals surface area contributed by atoms with Crippen molar-refractivity contribution >= 4 is 28.4 Å². The summed E-state index contributed by atoms with van der Waals surface area (Å²) in [6.45, 7) is 0. The van der Waals surface area contributed by atoms with E-state index in [2.05, 4.69) is 35.3 Å². The number of rotatable bonds is 3. The molecule has 2 aromatic carbocycles. The molecule has 3 rings (SSSR count). The lowest BCUT2D eigenvalue weighted by Gasteiger charge is -2.07. The van der Waals surface area contributed by atoms with E-state index in [4.69, 9.17) is 11.1 Å². The lowest BCUT2D eigenvalue weighted by Crippen LogP contribution is -2.12. The largest absolute Gasteiger partial charge is 0.384 e. The van der Waals surface area contributed by atoms with Crippen molar-refractivity contribution in [1.29, 1.82) is 5.41 Å². The van der Waals surface area contributed by atoms with Crippen molar-refractivity contribution in [3.8, 4) is 0 Å². The Balaban J connectivity index is 1.99. The Morgan fingerprint density at radius 1 is 1.00 bits per heavy atom. The maximum atomic E-state index is 7.60. The first kappa shape index (κ1) is 12.7. The van der Waals surface area contributed by atoms with E-state index in [1.807, 2.05) is 18.2 Å². The number of nitrogens with one attached hydrogen (secondary N) is 1. The molecule has 0 radical (unpaired) electrons. The van der Waals surface area contributed by atoms with E-state index in [9.17, 15) is 0 Å². The number of aromatic nitrogens is 1. The van der Waals surface area contributed by atoms with Crippen LogP contribution in [0.4, 0.5) is 0 Å². The molecular weight excluding hydrogens is 266 g/mol. The van der Waals surface area contributed by atoms with Crippen molar-refractivity contribution in [2.75, 3.05) is 0 Å². The number of hydrogen-bond acceptors (Lipinski definition) is 3. The zero-order valence-electron chi connectivity index (χ0n) is 10.7. The van der Waals surface area contributed by atoms with Gasteiger partial charge in [-0.3, -0.25) is 5.41 Å². The highest BCUT2D eigenvalue weighted by Crippen LogP contribution is 2.30. The van der Waals surface area contributed by atoms with E-state index < -0.39 is 0 Å². The minimum Gasteiger partial charge on any atom is -0.384 e. The van der Waals surface area contributed by atoms with Crippen LogP contribution in [0.1, 0.15) is 5.56 Å². The van der Waals surface area contributed by atoms with Gasteiger partial charge >= 0.3 is 0 Å². The molecule has 0 amide bonds. The number of benzene rings is 2. The zero-order valence-corrected chi connectivity index (χ0v) is 11.5. The average molecular weight is 279 g/mol. The van der Waals surface area contributed by atoms with E-state index in [0.717, 1.165) is 9.92 Å². The Kier molecular flexibility index (Phi) is 3.39. The third kappa shape index (κ3) is 2.51. The summed E-state index contributed by atoms with van der Waals surface area (Å²) in [4.78, 5) is 5.41. The third-order valence-electron chi connectivity index (χ3n) is 3.00. The number of pyridine rings is 1. The summed E-state index contributed by atoms with van der Waals surface area (Å²) >= 11 is 1.53. The summed E-state index contributed by atoms with van der Waals surface area (Å²) in [5.41, 5.74) is 6.26. The number of fused-ring (bicyclic) bond motifs is 1. The second-order valence-corrected chi connectivity index (χ2v) is 5.44. The highest BCUT2D eigenvalue weighted by atomic mass is 32.2. The fourth-order valence-corrected chi connectivity index (χ4v) is 2.97. The monoisotopic (exact) mass is 279 g/mol. The molecule has 1 aromatic heterocycles. The van der Waals surface area contributed by atoms with E-state index in [0.29, 0.717) is 5.56 Å². The predicted octanol–water partition coefficient (Wildman–Crippen LogP) is 3.67. The van der Waals surface area contributed by atoms with Gasteiger partial charge in [0, 0.05) is 16.7 Å². The number of nitrogen functional groups attached to an aromatic ring is 1. The van der Waals surface area contributed by atoms with Gasteiger partial charge in [0.25, 0.3) is 0 Å². The van der Waals surface area contributed by atoms with Crippen molar-refractivity contribution in [1.82, 2.24) is 4.98 Å². The smallest absolute Gasteiger partial charge is 0.125 e. The lowest BCUT2D eigenvalue weighted by atomic mass is 10.1. The fraction of sp³-hybridized carbons (Fsp3) is 0. The molecule has 20 heavy (non-hydrogen) atoms. The molecule has 0 aliphatic carbocycles. The Morgan fingerprint density at radius 2 is 1.80 bits per heavy atom. The maximum Gasteiger partial charge on any atom is 0.125 e. The molecule has 4 heteroatoms. The zero-order chi connectivity index (χ0) is 13.9. The van der Waals surface area contributed by atoms with Gasteiger partial charge in [0.1, 0.15) is 10.9 Å².